The van der Waals surface area contributed by atoms with Crippen molar-refractivity contribution in [3.63, 3.8) is 0 Å². The molecule has 3 heteroatoms. The number of ether oxygens (including phenoxy) is 1. The SMILES string of the molecule is CCCCCOCCCC(C)(CO)NC(C)C. The van der Waals surface area contributed by atoms with Crippen LogP contribution < -0.4 is 5.32 Å². The summed E-state index contributed by atoms with van der Waals surface area (Å²) in [6.07, 6.45) is 5.61. The molecule has 104 valence electrons. The summed E-state index contributed by atoms with van der Waals surface area (Å²) in [5.74, 6) is 0. The Hall–Kier alpha value is -0.120. The quantitative estimate of drug-likeness (QED) is 0.550. The van der Waals surface area contributed by atoms with Gasteiger partial charge in [0, 0.05) is 24.8 Å². The lowest BCUT2D eigenvalue weighted by Crippen LogP contribution is -2.49. The Bertz CT molecular complexity index is 174. The van der Waals surface area contributed by atoms with Crippen LogP contribution in [0.25, 0.3) is 0 Å². The molecule has 2 N–H and O–H groups in total. The third-order valence-corrected chi connectivity index (χ3v) is 2.90. The molecule has 0 aromatic rings. The lowest BCUT2D eigenvalue weighted by atomic mass is 9.96. The van der Waals surface area contributed by atoms with Crippen LogP contribution in [0.5, 0.6) is 0 Å². The fourth-order valence-corrected chi connectivity index (χ4v) is 2.01. The first-order valence-electron chi connectivity index (χ1n) is 7.00. The number of unbranched alkanes of at least 4 members (excludes halogenated alkanes) is 2. The van der Waals surface area contributed by atoms with E-state index in [-0.39, 0.29) is 12.1 Å². The molecule has 0 heterocycles. The van der Waals surface area contributed by atoms with Crippen LogP contribution in [0.4, 0.5) is 0 Å². The Labute approximate surface area is 107 Å². The number of hydrogen-bond acceptors (Lipinski definition) is 3. The first-order chi connectivity index (χ1) is 8.04. The molecule has 0 aromatic heterocycles. The topological polar surface area (TPSA) is 41.5 Å². The van der Waals surface area contributed by atoms with Gasteiger partial charge >= 0.3 is 0 Å². The molecule has 0 radical (unpaired) electrons. The van der Waals surface area contributed by atoms with Crippen molar-refractivity contribution in [2.75, 3.05) is 19.8 Å². The minimum Gasteiger partial charge on any atom is -0.394 e. The molecule has 1 unspecified atom stereocenters. The third-order valence-electron chi connectivity index (χ3n) is 2.90. The molecule has 0 spiro atoms. The second-order valence-corrected chi connectivity index (χ2v) is 5.44. The summed E-state index contributed by atoms with van der Waals surface area (Å²) < 4.78 is 5.57. The highest BCUT2D eigenvalue weighted by Gasteiger charge is 2.22. The van der Waals surface area contributed by atoms with Gasteiger partial charge in [-0.15, -0.1) is 0 Å². The number of aliphatic hydroxyl groups is 1. The Morgan fingerprint density at radius 3 is 2.35 bits per heavy atom. The maximum absolute atomic E-state index is 9.40. The van der Waals surface area contributed by atoms with Gasteiger partial charge in [0.15, 0.2) is 0 Å². The van der Waals surface area contributed by atoms with Crippen molar-refractivity contribution in [3.05, 3.63) is 0 Å². The molecule has 3 nitrogen and oxygen atoms in total. The van der Waals surface area contributed by atoms with Crippen LogP contribution in [0.2, 0.25) is 0 Å². The molecule has 0 rings (SSSR count). The van der Waals surface area contributed by atoms with Gasteiger partial charge in [0.05, 0.1) is 6.61 Å². The van der Waals surface area contributed by atoms with E-state index in [1.165, 1.54) is 12.8 Å². The van der Waals surface area contributed by atoms with E-state index in [1.807, 2.05) is 0 Å². The summed E-state index contributed by atoms with van der Waals surface area (Å²) in [6.45, 7) is 10.3. The normalized spacial score (nSPS) is 15.2. The third kappa shape index (κ3) is 9.57. The maximum Gasteiger partial charge on any atom is 0.0610 e. The Kier molecular flexibility index (Phi) is 9.79. The van der Waals surface area contributed by atoms with Gasteiger partial charge in [0.2, 0.25) is 0 Å². The largest absolute Gasteiger partial charge is 0.394 e. The Morgan fingerprint density at radius 2 is 1.82 bits per heavy atom. The van der Waals surface area contributed by atoms with E-state index >= 15 is 0 Å². The molecule has 0 aliphatic carbocycles. The van der Waals surface area contributed by atoms with Crippen molar-refractivity contribution >= 4 is 0 Å². The van der Waals surface area contributed by atoms with Crippen LogP contribution in [0.1, 0.15) is 59.8 Å². The molecule has 17 heavy (non-hydrogen) atoms. The molecule has 0 amide bonds. The average Bonchev–Trinajstić information content (AvgIpc) is 2.27. The van der Waals surface area contributed by atoms with Crippen molar-refractivity contribution in [1.82, 2.24) is 5.32 Å². The molecule has 0 fully saturated rings. The summed E-state index contributed by atoms with van der Waals surface area (Å²) in [6, 6.07) is 0.401. The lowest BCUT2D eigenvalue weighted by molar-refractivity contribution is 0.105. The molecular weight excluding hydrogens is 214 g/mol. The predicted molar refractivity (Wildman–Crippen MR) is 73.3 cm³/mol. The smallest absolute Gasteiger partial charge is 0.0610 e. The predicted octanol–water partition coefficient (Wildman–Crippen LogP) is 2.72. The van der Waals surface area contributed by atoms with Crippen LogP contribution in [-0.2, 0) is 4.74 Å². The van der Waals surface area contributed by atoms with Crippen molar-refractivity contribution < 1.29 is 9.84 Å². The zero-order chi connectivity index (χ0) is 13.1. The van der Waals surface area contributed by atoms with Crippen LogP contribution in [0, 0.1) is 0 Å². The lowest BCUT2D eigenvalue weighted by Gasteiger charge is -2.31. The second kappa shape index (κ2) is 9.86. The standard InChI is InChI=1S/C14H31NO2/c1-5-6-7-10-17-11-8-9-14(4,12-16)15-13(2)3/h13,15-16H,5-12H2,1-4H3. The maximum atomic E-state index is 9.40. The van der Waals surface area contributed by atoms with E-state index in [1.54, 1.807) is 0 Å². The number of nitrogens with one attached hydrogen (secondary N) is 1. The van der Waals surface area contributed by atoms with E-state index in [9.17, 15) is 5.11 Å². The first-order valence-corrected chi connectivity index (χ1v) is 7.00. The van der Waals surface area contributed by atoms with Gasteiger partial charge in [-0.3, -0.25) is 0 Å². The summed E-state index contributed by atoms with van der Waals surface area (Å²) in [5, 5.41) is 12.8. The van der Waals surface area contributed by atoms with Crippen molar-refractivity contribution in [2.45, 2.75) is 71.4 Å². The molecule has 0 aliphatic heterocycles. The summed E-state index contributed by atoms with van der Waals surface area (Å²) in [5.41, 5.74) is -0.166. The van der Waals surface area contributed by atoms with Gasteiger partial charge in [0.1, 0.15) is 0 Å². The number of hydrogen-bond donors (Lipinski definition) is 2. The molecular formula is C14H31NO2. The van der Waals surface area contributed by atoms with Crippen LogP contribution >= 0.6 is 0 Å². The molecule has 1 atom stereocenters. The van der Waals surface area contributed by atoms with Gasteiger partial charge in [-0.05, 0) is 26.2 Å². The molecule has 0 saturated heterocycles. The Balaban J connectivity index is 3.55. The van der Waals surface area contributed by atoms with Gasteiger partial charge in [-0.25, -0.2) is 0 Å². The number of aliphatic hydroxyl groups excluding tert-OH is 1. The van der Waals surface area contributed by atoms with Crippen LogP contribution in [-0.4, -0.2) is 36.5 Å². The highest BCUT2D eigenvalue weighted by Crippen LogP contribution is 2.12. The molecule has 0 saturated carbocycles. The summed E-state index contributed by atoms with van der Waals surface area (Å²) >= 11 is 0. The highest BCUT2D eigenvalue weighted by atomic mass is 16.5. The van der Waals surface area contributed by atoms with E-state index < -0.39 is 0 Å². The average molecular weight is 245 g/mol. The fourth-order valence-electron chi connectivity index (χ4n) is 2.01. The van der Waals surface area contributed by atoms with E-state index in [0.717, 1.165) is 32.5 Å². The summed E-state index contributed by atoms with van der Waals surface area (Å²) in [4.78, 5) is 0. The van der Waals surface area contributed by atoms with Crippen LogP contribution in [0.15, 0.2) is 0 Å². The molecule has 0 aromatic carbocycles. The summed E-state index contributed by atoms with van der Waals surface area (Å²) in [7, 11) is 0. The minimum absolute atomic E-state index is 0.166. The van der Waals surface area contributed by atoms with Crippen molar-refractivity contribution in [2.24, 2.45) is 0 Å². The zero-order valence-electron chi connectivity index (χ0n) is 12.1. The van der Waals surface area contributed by atoms with Crippen LogP contribution in [0.3, 0.4) is 0 Å². The molecule has 0 bridgehead atoms. The van der Waals surface area contributed by atoms with E-state index in [0.29, 0.717) is 6.04 Å². The van der Waals surface area contributed by atoms with E-state index in [4.69, 9.17) is 4.74 Å². The fraction of sp³-hybridized carbons (Fsp3) is 1.00. The Morgan fingerprint density at radius 1 is 1.18 bits per heavy atom. The highest BCUT2D eigenvalue weighted by molar-refractivity contribution is 4.83. The molecule has 0 aliphatic rings. The van der Waals surface area contributed by atoms with Crippen molar-refractivity contribution in [1.29, 1.82) is 0 Å². The monoisotopic (exact) mass is 245 g/mol. The van der Waals surface area contributed by atoms with Crippen molar-refractivity contribution in [3.8, 4) is 0 Å². The first kappa shape index (κ1) is 16.9. The second-order valence-electron chi connectivity index (χ2n) is 5.44. The minimum atomic E-state index is -0.166. The number of rotatable bonds is 11. The van der Waals surface area contributed by atoms with Gasteiger partial charge < -0.3 is 15.2 Å². The van der Waals surface area contributed by atoms with Gasteiger partial charge in [0.25, 0.3) is 0 Å². The van der Waals surface area contributed by atoms with E-state index in [2.05, 4.69) is 33.0 Å². The van der Waals surface area contributed by atoms with Gasteiger partial charge in [-0.2, -0.15) is 0 Å². The van der Waals surface area contributed by atoms with Gasteiger partial charge in [-0.1, -0.05) is 33.6 Å². The zero-order valence-corrected chi connectivity index (χ0v) is 12.1.